The highest BCUT2D eigenvalue weighted by Crippen LogP contribution is 2.50. The summed E-state index contributed by atoms with van der Waals surface area (Å²) in [6.45, 7) is 3.78. The highest BCUT2D eigenvalue weighted by Gasteiger charge is 2.54. The van der Waals surface area contributed by atoms with Gasteiger partial charge in [-0.2, -0.15) is 0 Å². The van der Waals surface area contributed by atoms with Gasteiger partial charge in [-0.25, -0.2) is 0 Å². The first-order valence-corrected chi connectivity index (χ1v) is 8.51. The van der Waals surface area contributed by atoms with Crippen molar-refractivity contribution in [3.8, 4) is 0 Å². The Morgan fingerprint density at radius 2 is 1.91 bits per heavy atom. The van der Waals surface area contributed by atoms with Gasteiger partial charge < -0.3 is 10.5 Å². The molecule has 3 rings (SSSR count). The van der Waals surface area contributed by atoms with Crippen LogP contribution in [0.2, 0.25) is 0 Å². The molecule has 0 radical (unpaired) electrons. The van der Waals surface area contributed by atoms with Crippen LogP contribution in [0.1, 0.15) is 49.9 Å². The van der Waals surface area contributed by atoms with Gasteiger partial charge in [0.1, 0.15) is 5.54 Å². The van der Waals surface area contributed by atoms with Gasteiger partial charge in [0.05, 0.1) is 0 Å². The average Bonchev–Trinajstić information content (AvgIpc) is 3.13. The van der Waals surface area contributed by atoms with Crippen molar-refractivity contribution in [3.63, 3.8) is 0 Å². The highest BCUT2D eigenvalue weighted by atomic mass is 16.5. The van der Waals surface area contributed by atoms with E-state index in [2.05, 4.69) is 0 Å². The van der Waals surface area contributed by atoms with Gasteiger partial charge in [0.2, 0.25) is 5.78 Å². The molecule has 0 unspecified atom stereocenters. The van der Waals surface area contributed by atoms with Crippen LogP contribution in [0.25, 0.3) is 0 Å². The predicted molar refractivity (Wildman–Crippen MR) is 87.9 cm³/mol. The number of ketones is 1. The SMILES string of the molecule is CC(C)[C@H](OC(=O)[C@@]1(N)C[C@H]2CC[C@@H]1C2)C(=O)c1ccccc1. The number of ether oxygens (including phenoxy) is 1. The zero-order valence-corrected chi connectivity index (χ0v) is 13.8. The Bertz CT molecular complexity index is 598. The number of carbonyl (C=O) groups excluding carboxylic acids is 2. The molecule has 1 aromatic carbocycles. The van der Waals surface area contributed by atoms with Gasteiger partial charge in [-0.05, 0) is 37.0 Å². The zero-order valence-electron chi connectivity index (χ0n) is 13.8. The second-order valence-electron chi connectivity index (χ2n) is 7.42. The summed E-state index contributed by atoms with van der Waals surface area (Å²) < 4.78 is 5.65. The third-order valence-electron chi connectivity index (χ3n) is 5.43. The van der Waals surface area contributed by atoms with Crippen LogP contribution in [-0.4, -0.2) is 23.4 Å². The molecule has 23 heavy (non-hydrogen) atoms. The number of nitrogens with two attached hydrogens (primary N) is 1. The molecule has 2 aliphatic rings. The zero-order chi connectivity index (χ0) is 16.6. The van der Waals surface area contributed by atoms with E-state index in [1.807, 2.05) is 32.0 Å². The second kappa shape index (κ2) is 6.08. The average molecular weight is 315 g/mol. The van der Waals surface area contributed by atoms with E-state index in [9.17, 15) is 9.59 Å². The van der Waals surface area contributed by atoms with E-state index in [4.69, 9.17) is 10.5 Å². The lowest BCUT2D eigenvalue weighted by molar-refractivity contribution is -0.157. The van der Waals surface area contributed by atoms with Crippen molar-refractivity contribution in [1.29, 1.82) is 0 Å². The summed E-state index contributed by atoms with van der Waals surface area (Å²) in [6.07, 6.45) is 3.10. The molecule has 4 atom stereocenters. The van der Waals surface area contributed by atoms with Gasteiger partial charge in [-0.1, -0.05) is 50.6 Å². The molecular weight excluding hydrogens is 290 g/mol. The van der Waals surface area contributed by atoms with Crippen LogP contribution in [0.4, 0.5) is 0 Å². The largest absolute Gasteiger partial charge is 0.452 e. The van der Waals surface area contributed by atoms with E-state index in [1.165, 1.54) is 0 Å². The van der Waals surface area contributed by atoms with Crippen molar-refractivity contribution in [2.45, 2.75) is 51.2 Å². The molecule has 4 nitrogen and oxygen atoms in total. The summed E-state index contributed by atoms with van der Waals surface area (Å²) in [4.78, 5) is 25.4. The Kier molecular flexibility index (Phi) is 4.28. The minimum absolute atomic E-state index is 0.0890. The Morgan fingerprint density at radius 3 is 2.43 bits per heavy atom. The molecule has 0 spiro atoms. The smallest absolute Gasteiger partial charge is 0.327 e. The van der Waals surface area contributed by atoms with Gasteiger partial charge in [0, 0.05) is 5.56 Å². The second-order valence-corrected chi connectivity index (χ2v) is 7.42. The summed E-state index contributed by atoms with van der Waals surface area (Å²) in [6, 6.07) is 8.99. The van der Waals surface area contributed by atoms with Crippen molar-refractivity contribution < 1.29 is 14.3 Å². The molecule has 1 aromatic rings. The van der Waals surface area contributed by atoms with Crippen molar-refractivity contribution in [1.82, 2.24) is 0 Å². The van der Waals surface area contributed by atoms with Crippen LogP contribution in [0.5, 0.6) is 0 Å². The predicted octanol–water partition coefficient (Wildman–Crippen LogP) is 2.95. The van der Waals surface area contributed by atoms with Gasteiger partial charge in [-0.3, -0.25) is 9.59 Å². The first-order valence-electron chi connectivity index (χ1n) is 8.51. The number of carbonyl (C=O) groups is 2. The third-order valence-corrected chi connectivity index (χ3v) is 5.43. The monoisotopic (exact) mass is 315 g/mol. The summed E-state index contributed by atoms with van der Waals surface area (Å²) in [5, 5.41) is 0. The molecule has 2 fully saturated rings. The van der Waals surface area contributed by atoms with Crippen LogP contribution in [0.3, 0.4) is 0 Å². The van der Waals surface area contributed by atoms with E-state index >= 15 is 0 Å². The maximum Gasteiger partial charge on any atom is 0.327 e. The van der Waals surface area contributed by atoms with E-state index in [1.54, 1.807) is 12.1 Å². The van der Waals surface area contributed by atoms with Crippen molar-refractivity contribution in [2.75, 3.05) is 0 Å². The topological polar surface area (TPSA) is 69.4 Å². The molecule has 2 saturated carbocycles. The minimum atomic E-state index is -0.896. The van der Waals surface area contributed by atoms with Crippen molar-refractivity contribution in [2.24, 2.45) is 23.5 Å². The third kappa shape index (κ3) is 2.92. The first kappa shape index (κ1) is 16.2. The quantitative estimate of drug-likeness (QED) is 0.670. The number of benzene rings is 1. The van der Waals surface area contributed by atoms with Gasteiger partial charge in [-0.15, -0.1) is 0 Å². The fraction of sp³-hybridized carbons (Fsp3) is 0.579. The Hall–Kier alpha value is -1.68. The molecule has 0 saturated heterocycles. The molecule has 2 bridgehead atoms. The normalized spacial score (nSPS) is 30.4. The molecular formula is C19H25NO3. The summed E-state index contributed by atoms with van der Waals surface area (Å²) in [7, 11) is 0. The molecule has 2 aliphatic carbocycles. The van der Waals surface area contributed by atoms with Crippen molar-refractivity contribution in [3.05, 3.63) is 35.9 Å². The van der Waals surface area contributed by atoms with Crippen LogP contribution >= 0.6 is 0 Å². The molecule has 0 aromatic heterocycles. The Morgan fingerprint density at radius 1 is 1.22 bits per heavy atom. The number of hydrogen-bond donors (Lipinski definition) is 1. The van der Waals surface area contributed by atoms with Crippen LogP contribution in [-0.2, 0) is 9.53 Å². The van der Waals surface area contributed by atoms with E-state index < -0.39 is 17.6 Å². The highest BCUT2D eigenvalue weighted by molar-refractivity contribution is 6.01. The number of rotatable bonds is 5. The maximum atomic E-state index is 12.7. The lowest BCUT2D eigenvalue weighted by atomic mass is 9.82. The van der Waals surface area contributed by atoms with Gasteiger partial charge in [0.15, 0.2) is 6.10 Å². The van der Waals surface area contributed by atoms with Gasteiger partial charge >= 0.3 is 5.97 Å². The number of fused-ring (bicyclic) bond motifs is 2. The molecule has 0 aliphatic heterocycles. The molecule has 2 N–H and O–H groups in total. The van der Waals surface area contributed by atoms with Crippen LogP contribution in [0, 0.1) is 17.8 Å². The first-order chi connectivity index (χ1) is 10.9. The minimum Gasteiger partial charge on any atom is -0.452 e. The Labute approximate surface area is 137 Å². The van der Waals surface area contributed by atoms with Gasteiger partial charge in [0.25, 0.3) is 0 Å². The fourth-order valence-corrected chi connectivity index (χ4v) is 4.11. The van der Waals surface area contributed by atoms with Crippen molar-refractivity contribution >= 4 is 11.8 Å². The van der Waals surface area contributed by atoms with Crippen LogP contribution < -0.4 is 5.73 Å². The number of Topliss-reactive ketones (excluding diaryl/α,β-unsaturated/α-hetero) is 1. The molecule has 0 amide bonds. The summed E-state index contributed by atoms with van der Waals surface area (Å²) >= 11 is 0. The summed E-state index contributed by atoms with van der Waals surface area (Å²) in [5.74, 6) is 0.113. The lowest BCUT2D eigenvalue weighted by Gasteiger charge is -2.33. The maximum absolute atomic E-state index is 12.7. The number of esters is 1. The number of hydrogen-bond acceptors (Lipinski definition) is 4. The van der Waals surface area contributed by atoms with E-state index in [-0.39, 0.29) is 17.6 Å². The van der Waals surface area contributed by atoms with Crippen LogP contribution in [0.15, 0.2) is 30.3 Å². The molecule has 0 heterocycles. The standard InChI is InChI=1S/C19H25NO3/c1-12(2)17(16(21)14-6-4-3-5-7-14)23-18(22)19(20)11-13-8-9-15(19)10-13/h3-7,12-13,15,17H,8-11,20H2,1-2H3/t13-,15+,17-,19+/m0/s1. The lowest BCUT2D eigenvalue weighted by Crippen LogP contribution is -2.54. The molecule has 4 heteroatoms. The Balaban J connectivity index is 1.75. The molecule has 124 valence electrons. The fourth-order valence-electron chi connectivity index (χ4n) is 4.11. The van der Waals surface area contributed by atoms with E-state index in [0.29, 0.717) is 17.9 Å². The van der Waals surface area contributed by atoms with E-state index in [0.717, 1.165) is 19.3 Å². The summed E-state index contributed by atoms with van der Waals surface area (Å²) in [5.41, 5.74) is 6.06.